The summed E-state index contributed by atoms with van der Waals surface area (Å²) in [6.07, 6.45) is 0.609. The maximum absolute atomic E-state index is 11.3. The molecule has 1 aromatic carbocycles. The lowest BCUT2D eigenvalue weighted by Gasteiger charge is -2.14. The molecule has 1 radical (unpaired) electrons. The molecular weight excluding hydrogens is 166 g/mol. The SMILES string of the molecule is COC(=O)N1CCc2cc[c]cc21. The van der Waals surface area contributed by atoms with Gasteiger partial charge in [0.15, 0.2) is 0 Å². The molecule has 3 nitrogen and oxygen atoms in total. The average Bonchev–Trinajstić information content (AvgIpc) is 2.60. The highest BCUT2D eigenvalue weighted by Crippen LogP contribution is 2.27. The highest BCUT2D eigenvalue weighted by Gasteiger charge is 2.24. The molecule has 0 bridgehead atoms. The van der Waals surface area contributed by atoms with Crippen LogP contribution in [-0.4, -0.2) is 19.7 Å². The second kappa shape index (κ2) is 3.09. The lowest BCUT2D eigenvalue weighted by Crippen LogP contribution is -2.28. The van der Waals surface area contributed by atoms with Crippen LogP contribution < -0.4 is 4.90 Å². The van der Waals surface area contributed by atoms with E-state index in [0.717, 1.165) is 12.1 Å². The van der Waals surface area contributed by atoms with Crippen molar-refractivity contribution in [3.05, 3.63) is 29.8 Å². The Hall–Kier alpha value is -1.51. The molecule has 0 saturated heterocycles. The first kappa shape index (κ1) is 8.10. The number of fused-ring (bicyclic) bond motifs is 1. The summed E-state index contributed by atoms with van der Waals surface area (Å²) >= 11 is 0. The van der Waals surface area contributed by atoms with Crippen molar-refractivity contribution in [1.29, 1.82) is 0 Å². The van der Waals surface area contributed by atoms with Crippen molar-refractivity contribution in [3.63, 3.8) is 0 Å². The van der Waals surface area contributed by atoms with E-state index in [2.05, 4.69) is 10.8 Å². The molecule has 0 saturated carbocycles. The minimum Gasteiger partial charge on any atom is -0.452 e. The number of carbonyl (C=O) groups is 1. The Bertz CT molecular complexity index is 335. The van der Waals surface area contributed by atoms with Crippen LogP contribution in [0, 0.1) is 6.07 Å². The fraction of sp³-hybridized carbons (Fsp3) is 0.300. The molecule has 0 aliphatic carbocycles. The lowest BCUT2D eigenvalue weighted by molar-refractivity contribution is 0.179. The average molecular weight is 176 g/mol. The van der Waals surface area contributed by atoms with Crippen molar-refractivity contribution in [2.45, 2.75) is 6.42 Å². The van der Waals surface area contributed by atoms with Gasteiger partial charge in [0.05, 0.1) is 12.8 Å². The third-order valence-electron chi connectivity index (χ3n) is 2.22. The third kappa shape index (κ3) is 1.26. The number of nitrogens with zero attached hydrogens (tertiary/aromatic N) is 1. The minimum atomic E-state index is -0.293. The van der Waals surface area contributed by atoms with E-state index in [4.69, 9.17) is 0 Å². The zero-order valence-corrected chi connectivity index (χ0v) is 7.41. The van der Waals surface area contributed by atoms with Gasteiger partial charge in [-0.05, 0) is 24.1 Å². The van der Waals surface area contributed by atoms with Crippen LogP contribution >= 0.6 is 0 Å². The molecule has 1 aliphatic heterocycles. The van der Waals surface area contributed by atoms with Crippen molar-refractivity contribution in [3.8, 4) is 0 Å². The summed E-state index contributed by atoms with van der Waals surface area (Å²) in [5.74, 6) is 0. The predicted molar refractivity (Wildman–Crippen MR) is 48.7 cm³/mol. The number of hydrogen-bond donors (Lipinski definition) is 0. The van der Waals surface area contributed by atoms with E-state index >= 15 is 0 Å². The van der Waals surface area contributed by atoms with Crippen molar-refractivity contribution >= 4 is 11.8 Å². The molecule has 0 aromatic heterocycles. The molecule has 3 heteroatoms. The first-order chi connectivity index (χ1) is 6.33. The molecule has 1 aromatic rings. The molecule has 0 N–H and O–H groups in total. The monoisotopic (exact) mass is 176 g/mol. The molecule has 1 aliphatic rings. The normalized spacial score (nSPS) is 14.1. The van der Waals surface area contributed by atoms with E-state index in [1.807, 2.05) is 18.2 Å². The molecule has 1 heterocycles. The van der Waals surface area contributed by atoms with Gasteiger partial charge in [-0.15, -0.1) is 0 Å². The number of amides is 1. The standard InChI is InChI=1S/C10H10NO2/c1-13-10(12)11-7-6-8-4-2-3-5-9(8)11/h2,4-5H,6-7H2,1H3. The summed E-state index contributed by atoms with van der Waals surface area (Å²) in [6.45, 7) is 0.708. The van der Waals surface area contributed by atoms with Gasteiger partial charge in [-0.2, -0.15) is 0 Å². The molecule has 2 rings (SSSR count). The van der Waals surface area contributed by atoms with Crippen molar-refractivity contribution in [2.75, 3.05) is 18.6 Å². The van der Waals surface area contributed by atoms with E-state index in [1.54, 1.807) is 4.90 Å². The molecule has 0 atom stereocenters. The second-order valence-corrected chi connectivity index (χ2v) is 2.93. The zero-order chi connectivity index (χ0) is 9.26. The van der Waals surface area contributed by atoms with Crippen LogP contribution in [0.2, 0.25) is 0 Å². The van der Waals surface area contributed by atoms with Crippen LogP contribution in [0.25, 0.3) is 0 Å². The van der Waals surface area contributed by atoms with Gasteiger partial charge in [0.1, 0.15) is 0 Å². The second-order valence-electron chi connectivity index (χ2n) is 2.93. The maximum atomic E-state index is 11.3. The van der Waals surface area contributed by atoms with E-state index < -0.39 is 0 Å². The summed E-state index contributed by atoms with van der Waals surface area (Å²) in [6, 6.07) is 8.62. The van der Waals surface area contributed by atoms with Crippen LogP contribution in [-0.2, 0) is 11.2 Å². The Morgan fingerprint density at radius 2 is 2.54 bits per heavy atom. The highest BCUT2D eigenvalue weighted by atomic mass is 16.5. The van der Waals surface area contributed by atoms with E-state index in [0.29, 0.717) is 6.54 Å². The highest BCUT2D eigenvalue weighted by molar-refractivity contribution is 5.90. The minimum absolute atomic E-state index is 0.293. The summed E-state index contributed by atoms with van der Waals surface area (Å²) in [5, 5.41) is 0. The number of benzene rings is 1. The Kier molecular flexibility index (Phi) is 1.93. The van der Waals surface area contributed by atoms with Crippen molar-refractivity contribution in [2.24, 2.45) is 0 Å². The number of rotatable bonds is 0. The lowest BCUT2D eigenvalue weighted by atomic mass is 10.2. The van der Waals surface area contributed by atoms with E-state index in [-0.39, 0.29) is 6.09 Å². The fourth-order valence-corrected chi connectivity index (χ4v) is 1.57. The summed E-state index contributed by atoms with van der Waals surface area (Å²) in [5.41, 5.74) is 2.11. The predicted octanol–water partition coefficient (Wildman–Crippen LogP) is 1.62. The smallest absolute Gasteiger partial charge is 0.414 e. The van der Waals surface area contributed by atoms with Crippen LogP contribution in [0.5, 0.6) is 0 Å². The Balaban J connectivity index is 2.33. The van der Waals surface area contributed by atoms with E-state index in [1.165, 1.54) is 12.7 Å². The first-order valence-electron chi connectivity index (χ1n) is 4.17. The quantitative estimate of drug-likeness (QED) is 0.601. The number of methoxy groups -OCH3 is 1. The number of anilines is 1. The van der Waals surface area contributed by atoms with Crippen LogP contribution in [0.1, 0.15) is 5.56 Å². The van der Waals surface area contributed by atoms with Crippen molar-refractivity contribution < 1.29 is 9.53 Å². The fourth-order valence-electron chi connectivity index (χ4n) is 1.57. The number of ether oxygens (including phenoxy) is 1. The van der Waals surface area contributed by atoms with Gasteiger partial charge in [0.25, 0.3) is 0 Å². The van der Waals surface area contributed by atoms with Gasteiger partial charge in [-0.1, -0.05) is 12.1 Å². The largest absolute Gasteiger partial charge is 0.452 e. The Morgan fingerprint density at radius 3 is 3.31 bits per heavy atom. The summed E-state index contributed by atoms with van der Waals surface area (Å²) in [4.78, 5) is 12.9. The maximum Gasteiger partial charge on any atom is 0.414 e. The van der Waals surface area contributed by atoms with Gasteiger partial charge in [-0.25, -0.2) is 4.79 Å². The van der Waals surface area contributed by atoms with Crippen molar-refractivity contribution in [1.82, 2.24) is 0 Å². The Morgan fingerprint density at radius 1 is 1.69 bits per heavy atom. The topological polar surface area (TPSA) is 29.5 Å². The first-order valence-corrected chi connectivity index (χ1v) is 4.17. The summed E-state index contributed by atoms with van der Waals surface area (Å²) < 4.78 is 4.66. The Labute approximate surface area is 76.9 Å². The summed E-state index contributed by atoms with van der Waals surface area (Å²) in [7, 11) is 1.40. The molecule has 1 amide bonds. The molecule has 0 fully saturated rings. The van der Waals surface area contributed by atoms with E-state index in [9.17, 15) is 4.79 Å². The van der Waals surface area contributed by atoms with Gasteiger partial charge < -0.3 is 4.74 Å². The van der Waals surface area contributed by atoms with Gasteiger partial charge >= 0.3 is 6.09 Å². The molecular formula is C10H10NO2. The number of hydrogen-bond acceptors (Lipinski definition) is 2. The van der Waals surface area contributed by atoms with Gasteiger partial charge in [-0.3, -0.25) is 4.90 Å². The molecule has 0 spiro atoms. The molecule has 0 unspecified atom stereocenters. The van der Waals surface area contributed by atoms with Crippen LogP contribution in [0.4, 0.5) is 10.5 Å². The number of carbonyl (C=O) groups excluding carboxylic acids is 1. The third-order valence-corrected chi connectivity index (χ3v) is 2.22. The van der Waals surface area contributed by atoms with Gasteiger partial charge in [0.2, 0.25) is 0 Å². The molecule has 13 heavy (non-hydrogen) atoms. The van der Waals surface area contributed by atoms with Crippen LogP contribution in [0.15, 0.2) is 18.2 Å². The van der Waals surface area contributed by atoms with Gasteiger partial charge in [0, 0.05) is 6.54 Å². The molecule has 67 valence electrons. The zero-order valence-electron chi connectivity index (χ0n) is 7.41. The van der Waals surface area contributed by atoms with Crippen LogP contribution in [0.3, 0.4) is 0 Å².